The van der Waals surface area contributed by atoms with Crippen LogP contribution in [0.3, 0.4) is 0 Å². The van der Waals surface area contributed by atoms with Crippen molar-refractivity contribution in [1.29, 1.82) is 0 Å². The van der Waals surface area contributed by atoms with E-state index in [1.165, 1.54) is 11.1 Å². The molecule has 0 heterocycles. The Labute approximate surface area is 75.8 Å². The van der Waals surface area contributed by atoms with Crippen molar-refractivity contribution in [1.82, 2.24) is 0 Å². The second kappa shape index (κ2) is 4.66. The highest BCUT2D eigenvalue weighted by molar-refractivity contribution is 7.84. The molecule has 1 heteroatoms. The molecule has 0 aliphatic heterocycles. The third-order valence-electron chi connectivity index (χ3n) is 1.89. The molecule has 0 radical (unpaired) electrons. The Hall–Kier alpha value is -0.170. The molecule has 0 saturated heterocycles. The summed E-state index contributed by atoms with van der Waals surface area (Å²) in [5.74, 6) is 0.515. The molecule has 0 atom stereocenters. The van der Waals surface area contributed by atoms with Gasteiger partial charge in [-0.2, -0.15) is 0 Å². The lowest BCUT2D eigenvalue weighted by Gasteiger charge is -2.10. The first-order valence-electron chi connectivity index (χ1n) is 4.08. The maximum atomic E-state index is 4.43. The van der Waals surface area contributed by atoms with Gasteiger partial charge in [-0.15, -0.1) is 12.6 Å². The molecule has 0 nitrogen and oxygen atoms in total. The topological polar surface area (TPSA) is 0 Å². The lowest BCUT2D eigenvalue weighted by molar-refractivity contribution is 0.807. The fourth-order valence-electron chi connectivity index (χ4n) is 0.879. The van der Waals surface area contributed by atoms with Gasteiger partial charge in [0.2, 0.25) is 0 Å². The van der Waals surface area contributed by atoms with Crippen LogP contribution in [-0.4, -0.2) is 0 Å². The highest BCUT2D eigenvalue weighted by Gasteiger charge is 2.03. The molecule has 0 amide bonds. The Morgan fingerprint density at radius 1 is 1.45 bits per heavy atom. The van der Waals surface area contributed by atoms with Crippen molar-refractivity contribution < 1.29 is 0 Å². The van der Waals surface area contributed by atoms with E-state index < -0.39 is 0 Å². The SMILES string of the molecule is C=C(CC)/C(C)=C(\S)C(C)C. The number of allylic oxidation sites excluding steroid dienone is 3. The van der Waals surface area contributed by atoms with Gasteiger partial charge < -0.3 is 0 Å². The zero-order valence-corrected chi connectivity index (χ0v) is 8.83. The van der Waals surface area contributed by atoms with Crippen molar-refractivity contribution >= 4 is 12.6 Å². The number of hydrogen-bond acceptors (Lipinski definition) is 1. The zero-order valence-electron chi connectivity index (χ0n) is 7.94. The molecule has 0 aliphatic carbocycles. The molecule has 0 aromatic heterocycles. The Morgan fingerprint density at radius 3 is 2.18 bits per heavy atom. The molecule has 0 N–H and O–H groups in total. The van der Waals surface area contributed by atoms with Crippen LogP contribution in [0.4, 0.5) is 0 Å². The van der Waals surface area contributed by atoms with Crippen LogP contribution in [0.2, 0.25) is 0 Å². The van der Waals surface area contributed by atoms with Crippen molar-refractivity contribution in [2.45, 2.75) is 34.1 Å². The largest absolute Gasteiger partial charge is 0.147 e. The van der Waals surface area contributed by atoms with Crippen molar-refractivity contribution in [3.8, 4) is 0 Å². The Bertz CT molecular complexity index is 175. The molecular weight excluding hydrogens is 152 g/mol. The minimum Gasteiger partial charge on any atom is -0.147 e. The van der Waals surface area contributed by atoms with E-state index in [1.807, 2.05) is 0 Å². The van der Waals surface area contributed by atoms with Gasteiger partial charge in [-0.25, -0.2) is 0 Å². The number of thiol groups is 1. The van der Waals surface area contributed by atoms with Gasteiger partial charge in [0, 0.05) is 0 Å². The molecule has 0 rings (SSSR count). The summed E-state index contributed by atoms with van der Waals surface area (Å²) < 4.78 is 0. The van der Waals surface area contributed by atoms with Gasteiger partial charge in [-0.05, 0) is 29.7 Å². The maximum absolute atomic E-state index is 4.43. The van der Waals surface area contributed by atoms with Crippen molar-refractivity contribution in [3.05, 3.63) is 22.6 Å². The summed E-state index contributed by atoms with van der Waals surface area (Å²) in [4.78, 5) is 1.16. The van der Waals surface area contributed by atoms with E-state index >= 15 is 0 Å². The maximum Gasteiger partial charge on any atom is -0.0127 e. The predicted molar refractivity (Wildman–Crippen MR) is 56.0 cm³/mol. The monoisotopic (exact) mass is 170 g/mol. The van der Waals surface area contributed by atoms with Crippen LogP contribution >= 0.6 is 12.6 Å². The molecule has 0 aliphatic rings. The van der Waals surface area contributed by atoms with E-state index in [0.29, 0.717) is 5.92 Å². The van der Waals surface area contributed by atoms with E-state index in [2.05, 4.69) is 46.9 Å². The second-order valence-electron chi connectivity index (χ2n) is 3.12. The molecule has 0 fully saturated rings. The van der Waals surface area contributed by atoms with E-state index in [4.69, 9.17) is 0 Å². The quantitative estimate of drug-likeness (QED) is 0.483. The molecule has 0 bridgehead atoms. The van der Waals surface area contributed by atoms with E-state index in [1.54, 1.807) is 0 Å². The van der Waals surface area contributed by atoms with E-state index in [9.17, 15) is 0 Å². The van der Waals surface area contributed by atoms with Crippen molar-refractivity contribution in [3.63, 3.8) is 0 Å². The average Bonchev–Trinajstić information content (AvgIpc) is 2.00. The summed E-state index contributed by atoms with van der Waals surface area (Å²) in [5, 5.41) is 0. The van der Waals surface area contributed by atoms with Gasteiger partial charge in [0.15, 0.2) is 0 Å². The number of rotatable bonds is 3. The van der Waals surface area contributed by atoms with Crippen LogP contribution in [0.1, 0.15) is 34.1 Å². The summed E-state index contributed by atoms with van der Waals surface area (Å²) in [6, 6.07) is 0. The van der Waals surface area contributed by atoms with Crippen LogP contribution in [-0.2, 0) is 0 Å². The van der Waals surface area contributed by atoms with Gasteiger partial charge in [0.25, 0.3) is 0 Å². The van der Waals surface area contributed by atoms with E-state index in [0.717, 1.165) is 11.3 Å². The van der Waals surface area contributed by atoms with Crippen LogP contribution in [0.5, 0.6) is 0 Å². The highest BCUT2D eigenvalue weighted by Crippen LogP contribution is 2.23. The molecule has 0 spiro atoms. The third-order valence-corrected chi connectivity index (χ3v) is 2.74. The van der Waals surface area contributed by atoms with Crippen molar-refractivity contribution in [2.75, 3.05) is 0 Å². The highest BCUT2D eigenvalue weighted by atomic mass is 32.1. The van der Waals surface area contributed by atoms with E-state index in [-0.39, 0.29) is 0 Å². The summed E-state index contributed by atoms with van der Waals surface area (Å²) in [6.45, 7) is 12.5. The fraction of sp³-hybridized carbons (Fsp3) is 0.600. The molecule has 11 heavy (non-hydrogen) atoms. The van der Waals surface area contributed by atoms with Gasteiger partial charge in [-0.3, -0.25) is 0 Å². The first kappa shape index (κ1) is 10.8. The van der Waals surface area contributed by atoms with Gasteiger partial charge in [0.1, 0.15) is 0 Å². The summed E-state index contributed by atoms with van der Waals surface area (Å²) in [5.41, 5.74) is 2.45. The lowest BCUT2D eigenvalue weighted by Crippen LogP contribution is -1.92. The Morgan fingerprint density at radius 2 is 1.91 bits per heavy atom. The normalized spacial score (nSPS) is 13.3. The minimum atomic E-state index is 0.515. The predicted octanol–water partition coefficient (Wildman–Crippen LogP) is 3.81. The fourth-order valence-corrected chi connectivity index (χ4v) is 1.04. The second-order valence-corrected chi connectivity index (χ2v) is 3.60. The van der Waals surface area contributed by atoms with Crippen LogP contribution in [0, 0.1) is 5.92 Å². The van der Waals surface area contributed by atoms with Crippen LogP contribution in [0.25, 0.3) is 0 Å². The lowest BCUT2D eigenvalue weighted by atomic mass is 10.0. The summed E-state index contributed by atoms with van der Waals surface area (Å²) in [6.07, 6.45) is 1.02. The molecule has 0 unspecified atom stereocenters. The average molecular weight is 170 g/mol. The first-order chi connectivity index (χ1) is 5.00. The third kappa shape index (κ3) is 3.15. The van der Waals surface area contributed by atoms with Gasteiger partial charge in [0.05, 0.1) is 0 Å². The van der Waals surface area contributed by atoms with Crippen LogP contribution < -0.4 is 0 Å². The summed E-state index contributed by atoms with van der Waals surface area (Å²) >= 11 is 4.43. The molecule has 64 valence electrons. The molecule has 0 aromatic carbocycles. The minimum absolute atomic E-state index is 0.515. The Kier molecular flexibility index (Phi) is 4.58. The summed E-state index contributed by atoms with van der Waals surface area (Å²) in [7, 11) is 0. The first-order valence-corrected chi connectivity index (χ1v) is 4.53. The molecule has 0 saturated carbocycles. The van der Waals surface area contributed by atoms with Crippen molar-refractivity contribution in [2.24, 2.45) is 5.92 Å². The van der Waals surface area contributed by atoms with Crippen LogP contribution in [0.15, 0.2) is 22.6 Å². The smallest absolute Gasteiger partial charge is 0.0127 e. The number of hydrogen-bond donors (Lipinski definition) is 1. The molecule has 0 aromatic rings. The van der Waals surface area contributed by atoms with Gasteiger partial charge >= 0.3 is 0 Å². The van der Waals surface area contributed by atoms with Gasteiger partial charge in [-0.1, -0.05) is 32.9 Å². The molecular formula is C10H18S. The zero-order chi connectivity index (χ0) is 9.02. The standard InChI is InChI=1S/C10H18S/c1-6-8(4)9(5)10(11)7(2)3/h7,11H,4,6H2,1-3,5H3/b10-9-. The Balaban J connectivity index is 4.52.